The number of carboxylic acids is 1. The number of amides is 2. The average molecular weight is 628 g/mol. The fraction of sp³-hybridized carbons (Fsp3) is 0.533. The van der Waals surface area contributed by atoms with Crippen LogP contribution in [0.25, 0.3) is 11.2 Å². The van der Waals surface area contributed by atoms with Gasteiger partial charge in [0.1, 0.15) is 24.6 Å². The van der Waals surface area contributed by atoms with Gasteiger partial charge in [0.15, 0.2) is 29.3 Å². The van der Waals surface area contributed by atoms with Gasteiger partial charge in [-0.05, 0) is 6.92 Å². The summed E-state index contributed by atoms with van der Waals surface area (Å²) in [6.45, 7) is 0.345. The molecule has 2 aromatic heterocycles. The van der Waals surface area contributed by atoms with E-state index < -0.39 is 63.1 Å². The summed E-state index contributed by atoms with van der Waals surface area (Å²) in [6, 6.07) is -2.61. The Bertz CT molecular complexity index is 1080. The van der Waals surface area contributed by atoms with Gasteiger partial charge in [-0.1, -0.05) is 0 Å². The van der Waals surface area contributed by atoms with E-state index in [1.165, 1.54) is 6.92 Å². The minimum Gasteiger partial charge on any atom is -0.790 e. The molecular weight excluding hydrogens is 608 g/mol. The van der Waals surface area contributed by atoms with Crippen LogP contribution in [0.15, 0.2) is 12.7 Å². The average Bonchev–Trinajstić information content (AvgIpc) is 3.26. The fourth-order valence-corrected chi connectivity index (χ4v) is 3.39. The molecule has 1 fully saturated rings. The Balaban J connectivity index is 0.00000408. The molecule has 2 amide bonds. The van der Waals surface area contributed by atoms with Crippen LogP contribution in [0.1, 0.15) is 13.2 Å². The molecule has 3 rings (SSSR count). The minimum atomic E-state index is -5.34. The van der Waals surface area contributed by atoms with Gasteiger partial charge in [-0.15, -0.1) is 0 Å². The van der Waals surface area contributed by atoms with E-state index in [4.69, 9.17) is 9.84 Å². The molecule has 0 aliphatic carbocycles. The van der Waals surface area contributed by atoms with Crippen LogP contribution in [0, 0.1) is 0 Å². The number of urea groups is 1. The number of rotatable bonds is 8. The van der Waals surface area contributed by atoms with E-state index in [9.17, 15) is 39.3 Å². The van der Waals surface area contributed by atoms with Crippen molar-refractivity contribution in [2.45, 2.75) is 43.6 Å². The van der Waals surface area contributed by atoms with Crippen molar-refractivity contribution in [1.82, 2.24) is 24.8 Å². The number of aromatic nitrogens is 4. The normalized spacial score (nSPS) is 24.3. The number of hydrogen-bond acceptors (Lipinski definition) is 13. The van der Waals surface area contributed by atoms with Crippen LogP contribution in [0.5, 0.6) is 0 Å². The molecule has 6 unspecified atom stereocenters. The monoisotopic (exact) mass is 628 g/mol. The van der Waals surface area contributed by atoms with Crippen molar-refractivity contribution < 1.29 is 53.6 Å². The maximum atomic E-state index is 12.2. The van der Waals surface area contributed by atoms with Crippen LogP contribution in [0.3, 0.4) is 0 Å². The molecule has 182 valence electrons. The number of phosphoric acid groups is 1. The number of carbonyl (C=O) groups excluding carboxylic acids is 1. The number of aliphatic carboxylic acids is 1. The summed E-state index contributed by atoms with van der Waals surface area (Å²) in [4.78, 5) is 56.4. The maximum Gasteiger partial charge on any atom is 2.00 e. The number of aliphatic hydroxyl groups excluding tert-OH is 3. The maximum absolute atomic E-state index is 12.2. The number of anilines is 1. The summed E-state index contributed by atoms with van der Waals surface area (Å²) in [5.74, 6) is -1.62. The second-order valence-corrected chi connectivity index (χ2v) is 8.14. The van der Waals surface area contributed by atoms with Gasteiger partial charge in [0.25, 0.3) is 0 Å². The van der Waals surface area contributed by atoms with Crippen molar-refractivity contribution in [2.75, 3.05) is 11.9 Å². The molecule has 1 aliphatic heterocycles. The van der Waals surface area contributed by atoms with E-state index >= 15 is 0 Å². The number of carboxylic acid groups (broad SMARTS) is 1. The van der Waals surface area contributed by atoms with Crippen molar-refractivity contribution >= 4 is 85.7 Å². The van der Waals surface area contributed by atoms with Crippen LogP contribution in [-0.4, -0.2) is 138 Å². The predicted molar refractivity (Wildman–Crippen MR) is 106 cm³/mol. The van der Waals surface area contributed by atoms with E-state index in [0.717, 1.165) is 17.2 Å². The topological polar surface area (TPSA) is 264 Å². The Morgan fingerprint density at radius 1 is 1.29 bits per heavy atom. The molecule has 0 saturated carbocycles. The predicted octanol–water partition coefficient (Wildman–Crippen LogP) is -4.13. The third-order valence-electron chi connectivity index (χ3n) is 4.63. The number of ether oxygens (including phenoxy) is 1. The number of fused-ring (bicyclic) bond motifs is 1. The quantitative estimate of drug-likeness (QED) is 0.120. The Morgan fingerprint density at radius 2 is 1.97 bits per heavy atom. The van der Waals surface area contributed by atoms with Crippen molar-refractivity contribution in [2.24, 2.45) is 0 Å². The van der Waals surface area contributed by atoms with Crippen LogP contribution >= 0.6 is 7.82 Å². The third kappa shape index (κ3) is 6.72. The summed E-state index contributed by atoms with van der Waals surface area (Å²) in [5, 5.41) is 43.2. The van der Waals surface area contributed by atoms with Crippen LogP contribution in [0.2, 0.25) is 0 Å². The SMILES string of the molecule is CC(O)C(NC(=O)Nc1ncnc2c1ncn2C1OC(COP(=O)([O-])[O-])C(O)C1O)C(=O)O.[Ba+2]. The summed E-state index contributed by atoms with van der Waals surface area (Å²) in [6.07, 6.45) is -5.13. The van der Waals surface area contributed by atoms with Crippen molar-refractivity contribution in [1.29, 1.82) is 0 Å². The van der Waals surface area contributed by atoms with Crippen molar-refractivity contribution in [3.05, 3.63) is 12.7 Å². The van der Waals surface area contributed by atoms with Gasteiger partial charge in [-0.25, -0.2) is 24.5 Å². The zero-order valence-corrected chi connectivity index (χ0v) is 22.8. The number of hydrogen-bond donors (Lipinski definition) is 6. The Labute approximate surface area is 230 Å². The molecule has 17 nitrogen and oxygen atoms in total. The van der Waals surface area contributed by atoms with Gasteiger partial charge < -0.3 is 49.4 Å². The molecule has 0 spiro atoms. The molecule has 0 bridgehead atoms. The fourth-order valence-electron chi connectivity index (χ4n) is 3.06. The number of nitrogens with one attached hydrogen (secondary N) is 2. The van der Waals surface area contributed by atoms with Crippen molar-refractivity contribution in [3.63, 3.8) is 0 Å². The van der Waals surface area contributed by atoms with Gasteiger partial charge in [-0.2, -0.15) is 0 Å². The first-order chi connectivity index (χ1) is 15.4. The van der Waals surface area contributed by atoms with Crippen molar-refractivity contribution in [3.8, 4) is 0 Å². The van der Waals surface area contributed by atoms with E-state index in [1.807, 2.05) is 0 Å². The third-order valence-corrected chi connectivity index (χ3v) is 5.10. The second kappa shape index (κ2) is 11.7. The number of imidazole rings is 1. The first kappa shape index (κ1) is 29.0. The first-order valence-corrected chi connectivity index (χ1v) is 10.7. The van der Waals surface area contributed by atoms with Gasteiger partial charge >= 0.3 is 60.9 Å². The Morgan fingerprint density at radius 3 is 2.56 bits per heavy atom. The standard InChI is InChI=1S/C15H21N6O11P.Ba/c1-5(22)7(14(25)26)19-15(27)20-11-8-12(17-3-16-11)21(4-18-8)13-10(24)9(23)6(32-13)2-31-33(28,29)30;/h3-7,9-10,13,22-24H,2H2,1H3,(H,25,26)(H2,28,29,30)(H2,16,17,19,20,27);/q;+2/p-2. The molecule has 1 aliphatic rings. The van der Waals surface area contributed by atoms with E-state index in [-0.39, 0.29) is 65.9 Å². The molecule has 6 N–H and O–H groups in total. The Hall–Kier alpha value is -1.19. The molecule has 2 aromatic rings. The van der Waals surface area contributed by atoms with Gasteiger partial charge in [0.05, 0.1) is 26.9 Å². The van der Waals surface area contributed by atoms with Crippen LogP contribution in [0.4, 0.5) is 10.6 Å². The molecule has 3 heterocycles. The molecule has 0 radical (unpaired) electrons. The molecule has 6 atom stereocenters. The first-order valence-electron chi connectivity index (χ1n) is 9.23. The summed E-state index contributed by atoms with van der Waals surface area (Å²) >= 11 is 0. The number of nitrogens with zero attached hydrogens (tertiary/aromatic N) is 4. The molecule has 19 heteroatoms. The van der Waals surface area contributed by atoms with Crippen LogP contribution in [-0.2, 0) is 18.6 Å². The van der Waals surface area contributed by atoms with Crippen LogP contribution < -0.4 is 20.4 Å². The number of phosphoric ester groups is 1. The molecule has 34 heavy (non-hydrogen) atoms. The minimum absolute atomic E-state index is 0. The Kier molecular flexibility index (Phi) is 9.99. The molecule has 0 aromatic carbocycles. The summed E-state index contributed by atoms with van der Waals surface area (Å²) in [5.41, 5.74) is 0.00642. The van der Waals surface area contributed by atoms with E-state index in [0.29, 0.717) is 0 Å². The molecule has 1 saturated heterocycles. The molecular formula is C15H19BaN6O11P. The largest absolute Gasteiger partial charge is 2.00 e. The van der Waals surface area contributed by atoms with E-state index in [2.05, 4.69) is 30.1 Å². The van der Waals surface area contributed by atoms with Gasteiger partial charge in [0.2, 0.25) is 0 Å². The number of aliphatic hydroxyl groups is 3. The smallest absolute Gasteiger partial charge is 0.790 e. The zero-order chi connectivity index (χ0) is 24.5. The van der Waals surface area contributed by atoms with Gasteiger partial charge in [0, 0.05) is 0 Å². The number of carbonyl (C=O) groups is 2. The second-order valence-electron chi connectivity index (χ2n) is 6.99. The summed E-state index contributed by atoms with van der Waals surface area (Å²) < 4.78 is 21.3. The zero-order valence-electron chi connectivity index (χ0n) is 17.4. The summed E-state index contributed by atoms with van der Waals surface area (Å²) in [7, 11) is -5.34. The van der Waals surface area contributed by atoms with E-state index in [1.54, 1.807) is 0 Å². The van der Waals surface area contributed by atoms with Gasteiger partial charge in [-0.3, -0.25) is 9.88 Å².